The number of hydrogen-bond acceptors (Lipinski definition) is 3. The van der Waals surface area contributed by atoms with Gasteiger partial charge in [-0.15, -0.1) is 0 Å². The monoisotopic (exact) mass is 242 g/mol. The zero-order valence-electron chi connectivity index (χ0n) is 10.8. The molecule has 0 saturated carbocycles. The number of carboxylic acids is 1. The van der Waals surface area contributed by atoms with E-state index in [1.807, 2.05) is 13.8 Å². The summed E-state index contributed by atoms with van der Waals surface area (Å²) in [5.41, 5.74) is 0. The molecule has 0 bridgehead atoms. The molecule has 1 unspecified atom stereocenters. The summed E-state index contributed by atoms with van der Waals surface area (Å²) in [4.78, 5) is 24.8. The highest BCUT2D eigenvalue weighted by Gasteiger charge is 2.33. The first kappa shape index (κ1) is 14.0. The van der Waals surface area contributed by atoms with Gasteiger partial charge in [0.25, 0.3) is 0 Å². The summed E-state index contributed by atoms with van der Waals surface area (Å²) >= 11 is 0. The van der Waals surface area contributed by atoms with Crippen molar-refractivity contribution < 1.29 is 14.7 Å². The van der Waals surface area contributed by atoms with E-state index in [-0.39, 0.29) is 17.7 Å². The number of piperidine rings is 1. The average Bonchev–Trinajstić information content (AvgIpc) is 2.28. The molecule has 1 aliphatic rings. The second-order valence-corrected chi connectivity index (χ2v) is 5.00. The largest absolute Gasteiger partial charge is 0.480 e. The van der Waals surface area contributed by atoms with Gasteiger partial charge in [-0.25, -0.2) is 4.79 Å². The third-order valence-corrected chi connectivity index (χ3v) is 3.34. The van der Waals surface area contributed by atoms with Gasteiger partial charge in [0, 0.05) is 13.0 Å². The van der Waals surface area contributed by atoms with E-state index in [4.69, 9.17) is 5.11 Å². The van der Waals surface area contributed by atoms with E-state index in [9.17, 15) is 9.59 Å². The van der Waals surface area contributed by atoms with E-state index in [0.717, 1.165) is 25.9 Å². The number of hydrogen-bond donors (Lipinski definition) is 2. The second kappa shape index (κ2) is 6.00. The van der Waals surface area contributed by atoms with Gasteiger partial charge < -0.3 is 15.3 Å². The molecule has 0 radical (unpaired) electrons. The first-order chi connectivity index (χ1) is 7.95. The maximum absolute atomic E-state index is 12.2. The first-order valence-electron chi connectivity index (χ1n) is 6.15. The van der Waals surface area contributed by atoms with Crippen molar-refractivity contribution in [3.63, 3.8) is 0 Å². The molecular weight excluding hydrogens is 220 g/mol. The van der Waals surface area contributed by atoms with Crippen molar-refractivity contribution in [2.75, 3.05) is 20.1 Å². The van der Waals surface area contributed by atoms with E-state index < -0.39 is 12.0 Å². The van der Waals surface area contributed by atoms with Crippen LogP contribution in [-0.2, 0) is 9.59 Å². The van der Waals surface area contributed by atoms with Crippen molar-refractivity contribution in [3.05, 3.63) is 0 Å². The molecule has 2 N–H and O–H groups in total. The quantitative estimate of drug-likeness (QED) is 0.755. The summed E-state index contributed by atoms with van der Waals surface area (Å²) in [6.07, 6.45) is 1.60. The minimum Gasteiger partial charge on any atom is -0.480 e. The zero-order chi connectivity index (χ0) is 13.0. The molecule has 17 heavy (non-hydrogen) atoms. The van der Waals surface area contributed by atoms with Crippen LogP contribution < -0.4 is 5.32 Å². The molecule has 0 aliphatic carbocycles. The number of rotatable bonds is 4. The van der Waals surface area contributed by atoms with Gasteiger partial charge in [0.1, 0.15) is 6.04 Å². The molecule has 1 saturated heterocycles. The maximum atomic E-state index is 12.2. The lowest BCUT2D eigenvalue weighted by atomic mass is 9.94. The zero-order valence-corrected chi connectivity index (χ0v) is 10.8. The molecule has 0 spiro atoms. The van der Waals surface area contributed by atoms with E-state index in [1.165, 1.54) is 4.90 Å². The smallest absolute Gasteiger partial charge is 0.326 e. The van der Waals surface area contributed by atoms with Gasteiger partial charge >= 0.3 is 5.97 Å². The molecule has 1 rings (SSSR count). The Morgan fingerprint density at radius 3 is 2.24 bits per heavy atom. The number of aliphatic carboxylic acids is 1. The van der Waals surface area contributed by atoms with Crippen molar-refractivity contribution >= 4 is 11.9 Å². The lowest BCUT2D eigenvalue weighted by Crippen LogP contribution is -2.49. The van der Waals surface area contributed by atoms with Gasteiger partial charge in [0.2, 0.25) is 5.91 Å². The number of amides is 1. The molecule has 0 aromatic carbocycles. The molecule has 1 aliphatic heterocycles. The van der Waals surface area contributed by atoms with Crippen molar-refractivity contribution in [1.82, 2.24) is 10.2 Å². The molecule has 1 heterocycles. The molecule has 1 fully saturated rings. The number of nitrogens with one attached hydrogen (secondary N) is 1. The van der Waals surface area contributed by atoms with Crippen molar-refractivity contribution in [3.8, 4) is 0 Å². The summed E-state index contributed by atoms with van der Waals surface area (Å²) in [7, 11) is 1.60. The molecule has 5 nitrogen and oxygen atoms in total. The van der Waals surface area contributed by atoms with E-state index >= 15 is 0 Å². The van der Waals surface area contributed by atoms with Crippen molar-refractivity contribution in [2.24, 2.45) is 11.8 Å². The summed E-state index contributed by atoms with van der Waals surface area (Å²) < 4.78 is 0. The number of nitrogens with zero attached hydrogens (tertiary/aromatic N) is 1. The highest BCUT2D eigenvalue weighted by atomic mass is 16.4. The van der Waals surface area contributed by atoms with Gasteiger partial charge in [0.05, 0.1) is 0 Å². The fourth-order valence-corrected chi connectivity index (χ4v) is 2.39. The van der Waals surface area contributed by atoms with Crippen LogP contribution in [-0.4, -0.2) is 48.1 Å². The topological polar surface area (TPSA) is 69.6 Å². The minimum atomic E-state index is -0.926. The normalized spacial score (nSPS) is 19.1. The standard InChI is InChI=1S/C12H22N2O3/c1-8(2)10(12(16)17)14(3)11(15)9-4-6-13-7-5-9/h8-10,13H,4-7H2,1-3H3,(H,16,17). The Morgan fingerprint density at radius 1 is 1.29 bits per heavy atom. The second-order valence-electron chi connectivity index (χ2n) is 5.00. The summed E-state index contributed by atoms with van der Waals surface area (Å²) in [5.74, 6) is -1.07. The molecule has 1 atom stereocenters. The fraction of sp³-hybridized carbons (Fsp3) is 0.833. The van der Waals surface area contributed by atoms with Crippen LogP contribution in [0.3, 0.4) is 0 Å². The van der Waals surface area contributed by atoms with Gasteiger partial charge in [-0.2, -0.15) is 0 Å². The molecule has 0 aromatic rings. The third kappa shape index (κ3) is 3.43. The van der Waals surface area contributed by atoms with Gasteiger partial charge in [0.15, 0.2) is 0 Å². The predicted octanol–water partition coefficient (Wildman–Crippen LogP) is 0.554. The SMILES string of the molecule is CC(C)C(C(=O)O)N(C)C(=O)C1CCNCC1. The van der Waals surface area contributed by atoms with Gasteiger partial charge in [-0.05, 0) is 31.8 Å². The van der Waals surface area contributed by atoms with E-state index in [1.54, 1.807) is 7.05 Å². The Kier molecular flexibility index (Phi) is 4.93. The lowest BCUT2D eigenvalue weighted by molar-refractivity contribution is -0.153. The lowest BCUT2D eigenvalue weighted by Gasteiger charge is -2.32. The minimum absolute atomic E-state index is 0.0261. The fourth-order valence-electron chi connectivity index (χ4n) is 2.39. The Morgan fingerprint density at radius 2 is 1.82 bits per heavy atom. The Labute approximate surface area is 102 Å². The summed E-state index contributed by atoms with van der Waals surface area (Å²) in [5, 5.41) is 12.4. The number of carbonyl (C=O) groups excluding carboxylic acids is 1. The summed E-state index contributed by atoms with van der Waals surface area (Å²) in [6.45, 7) is 5.32. The Balaban J connectivity index is 2.68. The highest BCUT2D eigenvalue weighted by molar-refractivity contribution is 5.85. The molecule has 5 heteroatoms. The van der Waals surface area contributed by atoms with Crippen LogP contribution in [0.5, 0.6) is 0 Å². The molecular formula is C12H22N2O3. The average molecular weight is 242 g/mol. The van der Waals surface area contributed by atoms with Crippen LogP contribution in [0.4, 0.5) is 0 Å². The van der Waals surface area contributed by atoms with Crippen LogP contribution in [0, 0.1) is 11.8 Å². The molecule has 98 valence electrons. The van der Waals surface area contributed by atoms with Crippen LogP contribution in [0.1, 0.15) is 26.7 Å². The third-order valence-electron chi connectivity index (χ3n) is 3.34. The molecule has 1 amide bonds. The van der Waals surface area contributed by atoms with Crippen LogP contribution in [0.2, 0.25) is 0 Å². The maximum Gasteiger partial charge on any atom is 0.326 e. The van der Waals surface area contributed by atoms with Gasteiger partial charge in [-0.1, -0.05) is 13.8 Å². The number of carbonyl (C=O) groups is 2. The Hall–Kier alpha value is -1.10. The van der Waals surface area contributed by atoms with Crippen LogP contribution >= 0.6 is 0 Å². The summed E-state index contributed by atoms with van der Waals surface area (Å²) in [6, 6.07) is -0.725. The number of carboxylic acid groups (broad SMARTS) is 1. The van der Waals surface area contributed by atoms with Crippen molar-refractivity contribution in [1.29, 1.82) is 0 Å². The first-order valence-corrected chi connectivity index (χ1v) is 6.15. The van der Waals surface area contributed by atoms with Gasteiger partial charge in [-0.3, -0.25) is 4.79 Å². The highest BCUT2D eigenvalue weighted by Crippen LogP contribution is 2.18. The van der Waals surface area contributed by atoms with Crippen LogP contribution in [0.15, 0.2) is 0 Å². The van der Waals surface area contributed by atoms with Crippen molar-refractivity contribution in [2.45, 2.75) is 32.7 Å². The van der Waals surface area contributed by atoms with Crippen LogP contribution in [0.25, 0.3) is 0 Å². The predicted molar refractivity (Wildman–Crippen MR) is 64.6 cm³/mol. The van der Waals surface area contributed by atoms with E-state index in [2.05, 4.69) is 5.32 Å². The molecule has 0 aromatic heterocycles. The van der Waals surface area contributed by atoms with E-state index in [0.29, 0.717) is 0 Å². The number of likely N-dealkylation sites (N-methyl/N-ethyl adjacent to an activating group) is 1. The Bertz CT molecular complexity index is 285.